The van der Waals surface area contributed by atoms with E-state index in [0.29, 0.717) is 0 Å². The highest BCUT2D eigenvalue weighted by atomic mass is 14.9. The minimum absolute atomic E-state index is 0.840. The quantitative estimate of drug-likeness (QED) is 0.759. The van der Waals surface area contributed by atoms with Crippen LogP contribution in [0.25, 0.3) is 10.8 Å². The molecule has 21 heavy (non-hydrogen) atoms. The van der Waals surface area contributed by atoms with Crippen molar-refractivity contribution >= 4 is 10.8 Å². The van der Waals surface area contributed by atoms with Crippen molar-refractivity contribution in [3.8, 4) is 0 Å². The summed E-state index contributed by atoms with van der Waals surface area (Å²) in [4.78, 5) is 4.33. The van der Waals surface area contributed by atoms with Gasteiger partial charge in [0.25, 0.3) is 0 Å². The van der Waals surface area contributed by atoms with Gasteiger partial charge in [0.15, 0.2) is 0 Å². The third kappa shape index (κ3) is 3.11. The Labute approximate surface area is 125 Å². The molecule has 1 heterocycles. The molecule has 0 radical (unpaired) electrons. The topological polar surface area (TPSA) is 24.9 Å². The van der Waals surface area contributed by atoms with Gasteiger partial charge in [-0.3, -0.25) is 4.98 Å². The van der Waals surface area contributed by atoms with Gasteiger partial charge in [-0.15, -0.1) is 0 Å². The van der Waals surface area contributed by atoms with E-state index < -0.39 is 0 Å². The summed E-state index contributed by atoms with van der Waals surface area (Å²) in [6.45, 7) is 3.94. The predicted octanol–water partition coefficient (Wildman–Crippen LogP) is 4.09. The van der Waals surface area contributed by atoms with Crippen molar-refractivity contribution in [1.82, 2.24) is 10.3 Å². The molecule has 3 aromatic rings. The van der Waals surface area contributed by atoms with E-state index in [2.05, 4.69) is 65.8 Å². The molecular formula is C19H20N2. The van der Waals surface area contributed by atoms with Crippen LogP contribution in [0, 0.1) is 0 Å². The third-order valence-electron chi connectivity index (χ3n) is 3.88. The Hall–Kier alpha value is -2.19. The van der Waals surface area contributed by atoms with Crippen molar-refractivity contribution < 1.29 is 0 Å². The zero-order valence-corrected chi connectivity index (χ0v) is 12.3. The van der Waals surface area contributed by atoms with Crippen LogP contribution in [0.15, 0.2) is 60.9 Å². The van der Waals surface area contributed by atoms with Gasteiger partial charge in [-0.05, 0) is 28.5 Å². The van der Waals surface area contributed by atoms with Crippen molar-refractivity contribution in [3.05, 3.63) is 77.6 Å². The Morgan fingerprint density at radius 2 is 1.52 bits per heavy atom. The van der Waals surface area contributed by atoms with Crippen molar-refractivity contribution in [2.45, 2.75) is 26.4 Å². The summed E-state index contributed by atoms with van der Waals surface area (Å²) < 4.78 is 0. The fourth-order valence-corrected chi connectivity index (χ4v) is 2.73. The molecule has 0 aliphatic carbocycles. The van der Waals surface area contributed by atoms with Gasteiger partial charge in [-0.1, -0.05) is 55.5 Å². The average molecular weight is 276 g/mol. The zero-order chi connectivity index (χ0) is 14.5. The average Bonchev–Trinajstić information content (AvgIpc) is 2.55. The smallest absolute Gasteiger partial charge is 0.0346 e. The highest BCUT2D eigenvalue weighted by Crippen LogP contribution is 2.17. The van der Waals surface area contributed by atoms with Gasteiger partial charge in [0, 0.05) is 30.9 Å². The van der Waals surface area contributed by atoms with Crippen molar-refractivity contribution in [2.75, 3.05) is 0 Å². The van der Waals surface area contributed by atoms with Crippen molar-refractivity contribution in [1.29, 1.82) is 0 Å². The molecule has 1 N–H and O–H groups in total. The molecule has 3 rings (SSSR count). The first-order chi connectivity index (χ1) is 10.4. The number of nitrogens with zero attached hydrogens (tertiary/aromatic N) is 1. The summed E-state index contributed by atoms with van der Waals surface area (Å²) in [6.07, 6.45) is 4.96. The molecule has 1 aromatic heterocycles. The third-order valence-corrected chi connectivity index (χ3v) is 3.88. The van der Waals surface area contributed by atoms with Gasteiger partial charge < -0.3 is 5.32 Å². The Bertz CT molecular complexity index is 729. The molecule has 0 aliphatic heterocycles. The summed E-state index contributed by atoms with van der Waals surface area (Å²) in [5.41, 5.74) is 4.05. The van der Waals surface area contributed by atoms with E-state index in [1.807, 2.05) is 12.4 Å². The summed E-state index contributed by atoms with van der Waals surface area (Å²) in [6, 6.07) is 17.0. The zero-order valence-electron chi connectivity index (χ0n) is 12.3. The monoisotopic (exact) mass is 276 g/mol. The van der Waals surface area contributed by atoms with Crippen LogP contribution < -0.4 is 5.32 Å². The minimum atomic E-state index is 0.840. The number of nitrogens with one attached hydrogen (secondary N) is 1. The summed E-state index contributed by atoms with van der Waals surface area (Å²) >= 11 is 0. The standard InChI is InChI=1S/C19H20N2/c1-2-15-7-3-4-8-16(15)11-20-13-18-14-21-12-17-9-5-6-10-19(17)18/h3-10,12,14,20H,2,11,13H2,1H3. The van der Waals surface area contributed by atoms with E-state index in [4.69, 9.17) is 0 Å². The lowest BCUT2D eigenvalue weighted by molar-refractivity contribution is 0.690. The first-order valence-electron chi connectivity index (χ1n) is 7.47. The van der Waals surface area contributed by atoms with E-state index in [1.54, 1.807) is 0 Å². The Kier molecular flexibility index (Phi) is 4.27. The maximum atomic E-state index is 4.33. The van der Waals surface area contributed by atoms with Crippen LogP contribution in [-0.2, 0) is 19.5 Å². The molecule has 0 atom stereocenters. The van der Waals surface area contributed by atoms with Gasteiger partial charge >= 0.3 is 0 Å². The molecule has 0 fully saturated rings. The van der Waals surface area contributed by atoms with Crippen LogP contribution in [0.2, 0.25) is 0 Å². The first kappa shape index (κ1) is 13.8. The summed E-state index contributed by atoms with van der Waals surface area (Å²) in [5.74, 6) is 0. The van der Waals surface area contributed by atoms with Gasteiger partial charge in [0.2, 0.25) is 0 Å². The minimum Gasteiger partial charge on any atom is -0.309 e. The number of fused-ring (bicyclic) bond motifs is 1. The maximum Gasteiger partial charge on any atom is 0.0346 e. The number of aromatic nitrogens is 1. The largest absolute Gasteiger partial charge is 0.309 e. The number of aryl methyl sites for hydroxylation is 1. The predicted molar refractivity (Wildman–Crippen MR) is 88.1 cm³/mol. The Morgan fingerprint density at radius 1 is 0.810 bits per heavy atom. The van der Waals surface area contributed by atoms with Crippen LogP contribution in [0.1, 0.15) is 23.6 Å². The van der Waals surface area contributed by atoms with Gasteiger partial charge in [-0.2, -0.15) is 0 Å². The first-order valence-corrected chi connectivity index (χ1v) is 7.47. The Balaban J connectivity index is 1.72. The van der Waals surface area contributed by atoms with E-state index in [-0.39, 0.29) is 0 Å². The summed E-state index contributed by atoms with van der Waals surface area (Å²) in [5, 5.41) is 6.03. The molecule has 0 bridgehead atoms. The van der Waals surface area contributed by atoms with E-state index in [9.17, 15) is 0 Å². The number of hydrogen-bond acceptors (Lipinski definition) is 2. The molecule has 106 valence electrons. The van der Waals surface area contributed by atoms with E-state index in [0.717, 1.165) is 19.5 Å². The second kappa shape index (κ2) is 6.51. The van der Waals surface area contributed by atoms with E-state index >= 15 is 0 Å². The lowest BCUT2D eigenvalue weighted by Crippen LogP contribution is -2.14. The Morgan fingerprint density at radius 3 is 2.38 bits per heavy atom. The molecule has 0 amide bonds. The highest BCUT2D eigenvalue weighted by Gasteiger charge is 2.02. The van der Waals surface area contributed by atoms with Crippen molar-refractivity contribution in [3.63, 3.8) is 0 Å². The van der Waals surface area contributed by atoms with Crippen LogP contribution in [0.4, 0.5) is 0 Å². The molecular weight excluding hydrogens is 256 g/mol. The number of hydrogen-bond donors (Lipinski definition) is 1. The van der Waals surface area contributed by atoms with Crippen LogP contribution >= 0.6 is 0 Å². The molecule has 0 spiro atoms. The lowest BCUT2D eigenvalue weighted by atomic mass is 10.0. The lowest BCUT2D eigenvalue weighted by Gasteiger charge is -2.10. The van der Waals surface area contributed by atoms with Crippen LogP contribution in [0.3, 0.4) is 0 Å². The van der Waals surface area contributed by atoms with Gasteiger partial charge in [-0.25, -0.2) is 0 Å². The number of rotatable bonds is 5. The SMILES string of the molecule is CCc1ccccc1CNCc1cncc2ccccc12. The molecule has 2 aromatic carbocycles. The van der Waals surface area contributed by atoms with Gasteiger partial charge in [0.1, 0.15) is 0 Å². The number of benzene rings is 2. The molecule has 0 saturated carbocycles. The molecule has 0 aliphatic rings. The van der Waals surface area contributed by atoms with Crippen molar-refractivity contribution in [2.24, 2.45) is 0 Å². The second-order valence-electron chi connectivity index (χ2n) is 5.25. The normalized spacial score (nSPS) is 10.9. The van der Waals surface area contributed by atoms with Gasteiger partial charge in [0.05, 0.1) is 0 Å². The number of pyridine rings is 1. The van der Waals surface area contributed by atoms with Crippen LogP contribution in [0.5, 0.6) is 0 Å². The molecule has 2 heteroatoms. The molecule has 0 unspecified atom stereocenters. The fraction of sp³-hybridized carbons (Fsp3) is 0.211. The maximum absolute atomic E-state index is 4.33. The molecule has 2 nitrogen and oxygen atoms in total. The summed E-state index contributed by atoms with van der Waals surface area (Å²) in [7, 11) is 0. The van der Waals surface area contributed by atoms with E-state index in [1.165, 1.54) is 27.5 Å². The fourth-order valence-electron chi connectivity index (χ4n) is 2.73. The second-order valence-corrected chi connectivity index (χ2v) is 5.25. The molecule has 0 saturated heterocycles. The van der Waals surface area contributed by atoms with Crippen LogP contribution in [-0.4, -0.2) is 4.98 Å². The highest BCUT2D eigenvalue weighted by molar-refractivity contribution is 5.84.